The number of phenolic OH excluding ortho intramolecular Hbond substituents is 1. The van der Waals surface area contributed by atoms with Gasteiger partial charge in [-0.1, -0.05) is 35.9 Å². The number of hydrogen-bond donors (Lipinski definition) is 1. The predicted octanol–water partition coefficient (Wildman–Crippen LogP) is 5.64. The van der Waals surface area contributed by atoms with Crippen molar-refractivity contribution in [3.8, 4) is 23.0 Å². The lowest BCUT2D eigenvalue weighted by molar-refractivity contribution is 0.221. The van der Waals surface area contributed by atoms with Crippen LogP contribution in [0.1, 0.15) is 34.3 Å². The van der Waals surface area contributed by atoms with Gasteiger partial charge in [0, 0.05) is 22.2 Å². The van der Waals surface area contributed by atoms with Crippen molar-refractivity contribution in [3.63, 3.8) is 0 Å². The van der Waals surface area contributed by atoms with Gasteiger partial charge in [-0.05, 0) is 42.3 Å². The van der Waals surface area contributed by atoms with E-state index < -0.39 is 0 Å². The molecule has 28 heavy (non-hydrogen) atoms. The van der Waals surface area contributed by atoms with Crippen molar-refractivity contribution < 1.29 is 19.3 Å². The first-order valence-electron chi connectivity index (χ1n) is 9.00. The van der Waals surface area contributed by atoms with Crippen molar-refractivity contribution in [3.05, 3.63) is 81.9 Å². The maximum absolute atomic E-state index is 10.6. The number of fused-ring (bicyclic) bond motifs is 1. The fraction of sp³-hybridized carbons (Fsp3) is 0.217. The van der Waals surface area contributed by atoms with Gasteiger partial charge < -0.3 is 19.3 Å². The van der Waals surface area contributed by atoms with Gasteiger partial charge in [-0.3, -0.25) is 0 Å². The minimum atomic E-state index is -0.243. The van der Waals surface area contributed by atoms with E-state index in [2.05, 4.69) is 0 Å². The van der Waals surface area contributed by atoms with Gasteiger partial charge in [-0.15, -0.1) is 0 Å². The van der Waals surface area contributed by atoms with Crippen molar-refractivity contribution in [2.45, 2.75) is 18.9 Å². The molecule has 0 aliphatic carbocycles. The van der Waals surface area contributed by atoms with Crippen molar-refractivity contribution in [1.82, 2.24) is 0 Å². The summed E-state index contributed by atoms with van der Waals surface area (Å²) in [5.41, 5.74) is 3.80. The fourth-order valence-electron chi connectivity index (χ4n) is 3.82. The topological polar surface area (TPSA) is 47.9 Å². The number of methoxy groups -OCH3 is 2. The first kappa shape index (κ1) is 18.5. The molecule has 0 spiro atoms. The van der Waals surface area contributed by atoms with Crippen molar-refractivity contribution in [2.75, 3.05) is 14.2 Å². The van der Waals surface area contributed by atoms with Crippen LogP contribution in [0.25, 0.3) is 0 Å². The van der Waals surface area contributed by atoms with Crippen LogP contribution >= 0.6 is 11.6 Å². The molecule has 0 saturated heterocycles. The summed E-state index contributed by atoms with van der Waals surface area (Å²) in [6.45, 7) is 1.89. The van der Waals surface area contributed by atoms with Crippen LogP contribution in [-0.4, -0.2) is 19.3 Å². The molecule has 1 aliphatic rings. The highest BCUT2D eigenvalue weighted by Gasteiger charge is 2.39. The maximum atomic E-state index is 10.6. The van der Waals surface area contributed by atoms with Crippen molar-refractivity contribution >= 4 is 11.6 Å². The second-order valence-corrected chi connectivity index (χ2v) is 7.24. The number of hydrogen-bond acceptors (Lipinski definition) is 4. The quantitative estimate of drug-likeness (QED) is 0.620. The van der Waals surface area contributed by atoms with Crippen LogP contribution in [-0.2, 0) is 0 Å². The minimum absolute atomic E-state index is 0.0857. The van der Waals surface area contributed by atoms with Crippen molar-refractivity contribution in [2.24, 2.45) is 0 Å². The number of phenols is 1. The molecule has 4 rings (SSSR count). The number of ether oxygens (including phenoxy) is 3. The van der Waals surface area contributed by atoms with E-state index in [0.29, 0.717) is 16.5 Å². The third-order valence-electron chi connectivity index (χ3n) is 5.28. The van der Waals surface area contributed by atoms with E-state index in [1.54, 1.807) is 13.2 Å². The average Bonchev–Trinajstić information content (AvgIpc) is 3.11. The second kappa shape index (κ2) is 7.28. The molecular formula is C23H21ClO4. The predicted molar refractivity (Wildman–Crippen MR) is 109 cm³/mol. The minimum Gasteiger partial charge on any atom is -0.504 e. The summed E-state index contributed by atoms with van der Waals surface area (Å²) in [6.07, 6.45) is -0.243. The summed E-state index contributed by atoms with van der Waals surface area (Å²) in [6, 6.07) is 17.4. The molecule has 0 saturated carbocycles. The zero-order chi connectivity index (χ0) is 19.8. The lowest BCUT2D eigenvalue weighted by Gasteiger charge is -2.21. The Kier molecular flexibility index (Phi) is 4.82. The van der Waals surface area contributed by atoms with Crippen LogP contribution in [0.5, 0.6) is 23.0 Å². The van der Waals surface area contributed by atoms with Gasteiger partial charge in [0.2, 0.25) is 0 Å². The van der Waals surface area contributed by atoms with Crippen LogP contribution < -0.4 is 14.2 Å². The molecule has 3 aromatic rings. The van der Waals surface area contributed by atoms with Gasteiger partial charge in [-0.25, -0.2) is 0 Å². The van der Waals surface area contributed by atoms with E-state index in [9.17, 15) is 5.11 Å². The largest absolute Gasteiger partial charge is 0.504 e. The molecule has 144 valence electrons. The molecule has 1 N–H and O–H groups in total. The highest BCUT2D eigenvalue weighted by atomic mass is 35.5. The molecule has 0 unspecified atom stereocenters. The number of aromatic hydroxyl groups is 1. The second-order valence-electron chi connectivity index (χ2n) is 6.81. The molecule has 0 bridgehead atoms. The summed E-state index contributed by atoms with van der Waals surface area (Å²) >= 11 is 6.10. The lowest BCUT2D eigenvalue weighted by Crippen LogP contribution is -2.11. The Bertz CT molecular complexity index is 997. The summed E-state index contributed by atoms with van der Waals surface area (Å²) < 4.78 is 17.0. The third-order valence-corrected chi connectivity index (χ3v) is 5.53. The van der Waals surface area contributed by atoms with Crippen LogP contribution in [0, 0.1) is 6.92 Å². The first-order chi connectivity index (χ1) is 13.5. The van der Waals surface area contributed by atoms with E-state index in [0.717, 1.165) is 28.0 Å². The summed E-state index contributed by atoms with van der Waals surface area (Å²) in [5, 5.41) is 11.3. The van der Waals surface area contributed by atoms with Gasteiger partial charge in [0.1, 0.15) is 17.6 Å². The number of halogens is 1. The van der Waals surface area contributed by atoms with Crippen LogP contribution in [0.4, 0.5) is 0 Å². The first-order valence-corrected chi connectivity index (χ1v) is 9.37. The zero-order valence-electron chi connectivity index (χ0n) is 15.9. The normalized spacial score (nSPS) is 17.7. The highest BCUT2D eigenvalue weighted by molar-refractivity contribution is 6.30. The fourth-order valence-corrected chi connectivity index (χ4v) is 3.95. The van der Waals surface area contributed by atoms with E-state index in [-0.39, 0.29) is 17.8 Å². The molecule has 0 aromatic heterocycles. The molecule has 5 heteroatoms. The Morgan fingerprint density at radius 1 is 0.929 bits per heavy atom. The summed E-state index contributed by atoms with van der Waals surface area (Å²) in [7, 11) is 3.18. The molecule has 1 aliphatic heterocycles. The Hall–Kier alpha value is -2.85. The molecule has 2 atom stereocenters. The average molecular weight is 397 g/mol. The number of benzene rings is 3. The third kappa shape index (κ3) is 3.04. The Balaban J connectivity index is 1.88. The SMILES string of the molecule is COc1ccc([C@@H]2Oc3cc(OC)c(O)c(C)c3[C@H]2c2ccc(Cl)cc2)cc1. The molecule has 0 radical (unpaired) electrons. The van der Waals surface area contributed by atoms with Gasteiger partial charge in [0.15, 0.2) is 11.5 Å². The van der Waals surface area contributed by atoms with Crippen LogP contribution in [0.15, 0.2) is 54.6 Å². The molecular weight excluding hydrogens is 376 g/mol. The van der Waals surface area contributed by atoms with E-state index in [4.69, 9.17) is 25.8 Å². The smallest absolute Gasteiger partial charge is 0.164 e. The summed E-state index contributed by atoms with van der Waals surface area (Å²) in [5.74, 6) is 1.96. The Labute approximate surface area is 169 Å². The van der Waals surface area contributed by atoms with Crippen LogP contribution in [0.3, 0.4) is 0 Å². The van der Waals surface area contributed by atoms with E-state index >= 15 is 0 Å². The molecule has 1 heterocycles. The van der Waals surface area contributed by atoms with Gasteiger partial charge in [0.05, 0.1) is 20.1 Å². The number of rotatable bonds is 4. The Morgan fingerprint density at radius 2 is 1.57 bits per heavy atom. The maximum Gasteiger partial charge on any atom is 0.164 e. The summed E-state index contributed by atoms with van der Waals surface area (Å²) in [4.78, 5) is 0. The van der Waals surface area contributed by atoms with E-state index in [1.165, 1.54) is 7.11 Å². The molecule has 0 amide bonds. The Morgan fingerprint density at radius 3 is 2.18 bits per heavy atom. The highest BCUT2D eigenvalue weighted by Crippen LogP contribution is 2.54. The molecule has 4 nitrogen and oxygen atoms in total. The van der Waals surface area contributed by atoms with Gasteiger partial charge in [-0.2, -0.15) is 0 Å². The molecule has 0 fully saturated rings. The van der Waals surface area contributed by atoms with Gasteiger partial charge in [0.25, 0.3) is 0 Å². The standard InChI is InChI=1S/C23H21ClO4/c1-13-20-18(12-19(27-3)22(13)25)28-23(15-6-10-17(26-2)11-7-15)21(20)14-4-8-16(24)9-5-14/h4-12,21,23,25H,1-3H3/t21-,23+/m1/s1. The van der Waals surface area contributed by atoms with Gasteiger partial charge >= 0.3 is 0 Å². The lowest BCUT2D eigenvalue weighted by atomic mass is 9.83. The zero-order valence-corrected chi connectivity index (χ0v) is 16.7. The molecule has 3 aromatic carbocycles. The van der Waals surface area contributed by atoms with Crippen molar-refractivity contribution in [1.29, 1.82) is 0 Å². The van der Waals surface area contributed by atoms with E-state index in [1.807, 2.05) is 55.5 Å². The monoisotopic (exact) mass is 396 g/mol. The van der Waals surface area contributed by atoms with Crippen LogP contribution in [0.2, 0.25) is 5.02 Å².